The van der Waals surface area contributed by atoms with E-state index < -0.39 is 6.10 Å². The molecule has 112 valence electrons. The molecular weight excluding hydrogens is 270 g/mol. The molecule has 2 aromatic rings. The van der Waals surface area contributed by atoms with Crippen molar-refractivity contribution in [2.45, 2.75) is 20.0 Å². The summed E-state index contributed by atoms with van der Waals surface area (Å²) in [7, 11) is 0. The lowest BCUT2D eigenvalue weighted by Crippen LogP contribution is -2.34. The number of hydrogen-bond acceptors (Lipinski definition) is 5. The van der Waals surface area contributed by atoms with E-state index in [1.807, 2.05) is 13.8 Å². The van der Waals surface area contributed by atoms with Crippen molar-refractivity contribution in [2.75, 3.05) is 19.6 Å². The Labute approximate surface area is 122 Å². The second kappa shape index (κ2) is 5.42. The lowest BCUT2D eigenvalue weighted by atomic mass is 10.1. The fraction of sp³-hybridized carbons (Fsp3) is 0.500. The molecule has 7 nitrogen and oxygen atoms in total. The van der Waals surface area contributed by atoms with Crippen LogP contribution < -0.4 is 10.6 Å². The van der Waals surface area contributed by atoms with Crippen molar-refractivity contribution in [1.82, 2.24) is 25.8 Å². The van der Waals surface area contributed by atoms with E-state index in [4.69, 9.17) is 0 Å². The molecule has 2 aromatic heterocycles. The zero-order valence-corrected chi connectivity index (χ0v) is 12.1. The SMILES string of the molecule is Cc1cc(C(=O)NCC2CNCC2O)c2c(C)[nH]nc2n1. The van der Waals surface area contributed by atoms with Crippen molar-refractivity contribution in [3.8, 4) is 0 Å². The number of aliphatic hydroxyl groups excluding tert-OH is 1. The van der Waals surface area contributed by atoms with Crippen molar-refractivity contribution >= 4 is 16.9 Å². The number of hydrogen-bond donors (Lipinski definition) is 4. The predicted molar refractivity (Wildman–Crippen MR) is 78.1 cm³/mol. The van der Waals surface area contributed by atoms with Crippen molar-refractivity contribution < 1.29 is 9.90 Å². The summed E-state index contributed by atoms with van der Waals surface area (Å²) in [5.41, 5.74) is 2.70. The fourth-order valence-electron chi connectivity index (χ4n) is 2.73. The molecule has 0 saturated carbocycles. The molecule has 4 N–H and O–H groups in total. The quantitative estimate of drug-likeness (QED) is 0.631. The first-order chi connectivity index (χ1) is 10.1. The Kier molecular flexibility index (Phi) is 3.60. The Bertz CT molecular complexity index is 681. The van der Waals surface area contributed by atoms with E-state index in [0.717, 1.165) is 23.3 Å². The first kappa shape index (κ1) is 14.0. The van der Waals surface area contributed by atoms with Gasteiger partial charge in [0.1, 0.15) is 0 Å². The molecule has 2 unspecified atom stereocenters. The average Bonchev–Trinajstić information content (AvgIpc) is 3.02. The summed E-state index contributed by atoms with van der Waals surface area (Å²) in [5.74, 6) is -0.105. The molecule has 0 radical (unpaired) electrons. The third kappa shape index (κ3) is 2.62. The van der Waals surface area contributed by atoms with E-state index in [9.17, 15) is 9.90 Å². The van der Waals surface area contributed by atoms with Gasteiger partial charge in [-0.1, -0.05) is 0 Å². The van der Waals surface area contributed by atoms with E-state index >= 15 is 0 Å². The summed E-state index contributed by atoms with van der Waals surface area (Å²) >= 11 is 0. The number of aryl methyl sites for hydroxylation is 2. The van der Waals surface area contributed by atoms with E-state index in [2.05, 4.69) is 25.8 Å². The number of carbonyl (C=O) groups excluding carboxylic acids is 1. The van der Waals surface area contributed by atoms with Gasteiger partial charge in [-0.2, -0.15) is 5.10 Å². The number of H-pyrrole nitrogens is 1. The number of nitrogens with one attached hydrogen (secondary N) is 3. The summed E-state index contributed by atoms with van der Waals surface area (Å²) in [4.78, 5) is 16.8. The molecule has 7 heteroatoms. The van der Waals surface area contributed by atoms with Gasteiger partial charge >= 0.3 is 0 Å². The Morgan fingerprint density at radius 3 is 3.00 bits per heavy atom. The zero-order valence-electron chi connectivity index (χ0n) is 12.1. The van der Waals surface area contributed by atoms with E-state index in [-0.39, 0.29) is 11.8 Å². The molecule has 0 aliphatic carbocycles. The van der Waals surface area contributed by atoms with Crippen LogP contribution in [0.5, 0.6) is 0 Å². The van der Waals surface area contributed by atoms with Gasteiger partial charge in [0, 0.05) is 36.9 Å². The molecule has 1 aliphatic rings. The van der Waals surface area contributed by atoms with Crippen molar-refractivity contribution in [1.29, 1.82) is 0 Å². The number of amides is 1. The van der Waals surface area contributed by atoms with E-state index in [1.54, 1.807) is 6.07 Å². The highest BCUT2D eigenvalue weighted by Crippen LogP contribution is 2.20. The first-order valence-electron chi connectivity index (χ1n) is 7.05. The van der Waals surface area contributed by atoms with E-state index in [1.165, 1.54) is 0 Å². The third-order valence-electron chi connectivity index (χ3n) is 3.91. The van der Waals surface area contributed by atoms with Crippen molar-refractivity contribution in [2.24, 2.45) is 5.92 Å². The molecule has 1 fully saturated rings. The minimum absolute atomic E-state index is 0.0535. The Balaban J connectivity index is 1.82. The third-order valence-corrected chi connectivity index (χ3v) is 3.91. The summed E-state index contributed by atoms with van der Waals surface area (Å²) in [6.45, 7) is 5.46. The number of rotatable bonds is 3. The number of aromatic nitrogens is 3. The smallest absolute Gasteiger partial charge is 0.252 e. The van der Waals surface area contributed by atoms with Gasteiger partial charge in [-0.05, 0) is 19.9 Å². The molecular formula is C14H19N5O2. The molecule has 1 saturated heterocycles. The fourth-order valence-corrected chi connectivity index (χ4v) is 2.73. The number of β-amino-alcohol motifs (C(OH)–C–C–N with tert-alkyl or cyclic N) is 1. The molecule has 1 aliphatic heterocycles. The molecule has 0 bridgehead atoms. The highest BCUT2D eigenvalue weighted by Gasteiger charge is 2.25. The zero-order chi connectivity index (χ0) is 15.0. The van der Waals surface area contributed by atoms with Crippen LogP contribution in [0.1, 0.15) is 21.7 Å². The minimum Gasteiger partial charge on any atom is -0.391 e. The second-order valence-electron chi connectivity index (χ2n) is 5.55. The number of nitrogens with zero attached hydrogens (tertiary/aromatic N) is 2. The van der Waals surface area contributed by atoms with Crippen molar-refractivity contribution in [3.05, 3.63) is 23.0 Å². The molecule has 2 atom stereocenters. The number of pyridine rings is 1. The largest absolute Gasteiger partial charge is 0.391 e. The maximum atomic E-state index is 12.4. The van der Waals surface area contributed by atoms with E-state index in [0.29, 0.717) is 24.3 Å². The van der Waals surface area contributed by atoms with Crippen LogP contribution in [-0.2, 0) is 0 Å². The standard InChI is InChI=1S/C14H19N5O2/c1-7-3-10(12-8(2)18-19-13(12)17-7)14(21)16-5-9-4-15-6-11(9)20/h3,9,11,15,20H,4-6H2,1-2H3,(H,16,21)(H,17,18,19). The highest BCUT2D eigenvalue weighted by atomic mass is 16.3. The molecule has 3 rings (SSSR count). The molecule has 1 amide bonds. The molecule has 21 heavy (non-hydrogen) atoms. The van der Waals surface area contributed by atoms with Gasteiger partial charge in [-0.3, -0.25) is 9.89 Å². The summed E-state index contributed by atoms with van der Waals surface area (Å²) < 4.78 is 0. The Morgan fingerprint density at radius 2 is 2.29 bits per heavy atom. The van der Waals surface area contributed by atoms with Gasteiger partial charge in [-0.25, -0.2) is 4.98 Å². The molecule has 3 heterocycles. The number of carbonyl (C=O) groups is 1. The van der Waals surface area contributed by atoms with Gasteiger partial charge in [0.2, 0.25) is 0 Å². The monoisotopic (exact) mass is 289 g/mol. The second-order valence-corrected chi connectivity index (χ2v) is 5.55. The number of fused-ring (bicyclic) bond motifs is 1. The van der Waals surface area contributed by atoms with Crippen LogP contribution in [-0.4, -0.2) is 51.9 Å². The number of aromatic amines is 1. The normalized spacial score (nSPS) is 21.9. The van der Waals surface area contributed by atoms with Crippen LogP contribution in [0, 0.1) is 19.8 Å². The predicted octanol–water partition coefficient (Wildman–Crippen LogP) is -0.115. The minimum atomic E-state index is -0.403. The van der Waals surface area contributed by atoms with Crippen LogP contribution in [0.25, 0.3) is 11.0 Å². The van der Waals surface area contributed by atoms with Gasteiger partial charge in [-0.15, -0.1) is 0 Å². The van der Waals surface area contributed by atoms with Gasteiger partial charge in [0.15, 0.2) is 5.65 Å². The van der Waals surface area contributed by atoms with Crippen molar-refractivity contribution in [3.63, 3.8) is 0 Å². The molecule has 0 spiro atoms. The van der Waals surface area contributed by atoms with Crippen LogP contribution >= 0.6 is 0 Å². The van der Waals surface area contributed by atoms with Crippen LogP contribution in [0.4, 0.5) is 0 Å². The van der Waals surface area contributed by atoms with Crippen LogP contribution in [0.2, 0.25) is 0 Å². The van der Waals surface area contributed by atoms with Gasteiger partial charge in [0.25, 0.3) is 5.91 Å². The average molecular weight is 289 g/mol. The maximum absolute atomic E-state index is 12.4. The van der Waals surface area contributed by atoms with Crippen LogP contribution in [0.3, 0.4) is 0 Å². The summed E-state index contributed by atoms with van der Waals surface area (Å²) in [6, 6.07) is 1.77. The van der Waals surface area contributed by atoms with Gasteiger partial charge in [0.05, 0.1) is 17.1 Å². The Morgan fingerprint density at radius 1 is 1.48 bits per heavy atom. The Hall–Kier alpha value is -1.99. The topological polar surface area (TPSA) is 103 Å². The van der Waals surface area contributed by atoms with Crippen LogP contribution in [0.15, 0.2) is 6.07 Å². The van der Waals surface area contributed by atoms with Gasteiger partial charge < -0.3 is 15.7 Å². The lowest BCUT2D eigenvalue weighted by Gasteiger charge is -2.14. The summed E-state index contributed by atoms with van der Waals surface area (Å²) in [6.07, 6.45) is -0.403. The summed E-state index contributed by atoms with van der Waals surface area (Å²) in [5, 5.41) is 23.5. The first-order valence-corrected chi connectivity index (χ1v) is 7.05. The molecule has 0 aromatic carbocycles. The maximum Gasteiger partial charge on any atom is 0.252 e. The lowest BCUT2D eigenvalue weighted by molar-refractivity contribution is 0.0928. The highest BCUT2D eigenvalue weighted by molar-refractivity contribution is 6.06. The number of aliphatic hydroxyl groups is 1.